The summed E-state index contributed by atoms with van der Waals surface area (Å²) in [4.78, 5) is 3.90. The quantitative estimate of drug-likeness (QED) is 0.885. The van der Waals surface area contributed by atoms with Crippen LogP contribution in [0.1, 0.15) is 0 Å². The number of rotatable bonds is 5. The fourth-order valence-corrected chi connectivity index (χ4v) is 1.63. The first-order chi connectivity index (χ1) is 8.25. The molecular formula is C12H13ClN2O2. The molecule has 90 valence electrons. The first-order valence-electron chi connectivity index (χ1n) is 5.27. The van der Waals surface area contributed by atoms with Crippen molar-refractivity contribution in [1.29, 1.82) is 0 Å². The Morgan fingerprint density at radius 3 is 2.94 bits per heavy atom. The summed E-state index contributed by atoms with van der Waals surface area (Å²) in [6, 6.07) is 7.19. The standard InChI is InChI=1S/C12H13ClN2O2/c13-11-3-1-2-4-12(11)17-8-10(16)7-15-6-5-14-9-15/h1-6,9-10,16H,7-8H2/t10-/m1/s1. The van der Waals surface area contributed by atoms with Gasteiger partial charge in [0.1, 0.15) is 18.5 Å². The summed E-state index contributed by atoms with van der Waals surface area (Å²) in [7, 11) is 0. The number of benzene rings is 1. The smallest absolute Gasteiger partial charge is 0.138 e. The molecule has 0 unspecified atom stereocenters. The van der Waals surface area contributed by atoms with E-state index in [0.29, 0.717) is 17.3 Å². The molecule has 0 radical (unpaired) electrons. The minimum atomic E-state index is -0.597. The van der Waals surface area contributed by atoms with Gasteiger partial charge >= 0.3 is 0 Å². The Labute approximate surface area is 104 Å². The molecule has 2 rings (SSSR count). The summed E-state index contributed by atoms with van der Waals surface area (Å²) >= 11 is 5.93. The van der Waals surface area contributed by atoms with Crippen molar-refractivity contribution in [1.82, 2.24) is 9.55 Å². The normalized spacial score (nSPS) is 12.4. The summed E-state index contributed by atoms with van der Waals surface area (Å²) in [5.74, 6) is 0.582. The van der Waals surface area contributed by atoms with Crippen LogP contribution < -0.4 is 4.74 Å². The predicted molar refractivity (Wildman–Crippen MR) is 65.2 cm³/mol. The largest absolute Gasteiger partial charge is 0.489 e. The minimum Gasteiger partial charge on any atom is -0.489 e. The van der Waals surface area contributed by atoms with Crippen molar-refractivity contribution in [3.05, 3.63) is 48.0 Å². The Kier molecular flexibility index (Phi) is 4.01. The number of imidazole rings is 1. The monoisotopic (exact) mass is 252 g/mol. The lowest BCUT2D eigenvalue weighted by atomic mass is 10.3. The molecule has 0 spiro atoms. The molecule has 0 saturated carbocycles. The number of aromatic nitrogens is 2. The molecule has 0 aliphatic rings. The summed E-state index contributed by atoms with van der Waals surface area (Å²) in [6.45, 7) is 0.645. The lowest BCUT2D eigenvalue weighted by molar-refractivity contribution is 0.0925. The number of hydrogen-bond donors (Lipinski definition) is 1. The summed E-state index contributed by atoms with van der Waals surface area (Å²) in [5.41, 5.74) is 0. The van der Waals surface area contributed by atoms with E-state index in [1.54, 1.807) is 35.4 Å². The van der Waals surface area contributed by atoms with Crippen molar-refractivity contribution in [3.8, 4) is 5.75 Å². The molecule has 1 aromatic heterocycles. The van der Waals surface area contributed by atoms with Crippen LogP contribution in [0, 0.1) is 0 Å². The Balaban J connectivity index is 1.84. The molecule has 1 atom stereocenters. The zero-order chi connectivity index (χ0) is 12.1. The van der Waals surface area contributed by atoms with E-state index in [2.05, 4.69) is 4.98 Å². The van der Waals surface area contributed by atoms with Crippen molar-refractivity contribution in [2.45, 2.75) is 12.6 Å². The Morgan fingerprint density at radius 1 is 1.41 bits per heavy atom. The molecular weight excluding hydrogens is 240 g/mol. The topological polar surface area (TPSA) is 47.3 Å². The maximum absolute atomic E-state index is 9.76. The maximum Gasteiger partial charge on any atom is 0.138 e. The molecule has 1 heterocycles. The molecule has 4 nitrogen and oxygen atoms in total. The number of ether oxygens (including phenoxy) is 1. The van der Waals surface area contributed by atoms with Crippen LogP contribution in [0.5, 0.6) is 5.75 Å². The number of aliphatic hydroxyl groups is 1. The van der Waals surface area contributed by atoms with Gasteiger partial charge in [-0.05, 0) is 12.1 Å². The third kappa shape index (κ3) is 3.47. The highest BCUT2D eigenvalue weighted by Crippen LogP contribution is 2.23. The van der Waals surface area contributed by atoms with Gasteiger partial charge in [0, 0.05) is 12.4 Å². The third-order valence-corrected chi connectivity index (χ3v) is 2.56. The van der Waals surface area contributed by atoms with Crippen LogP contribution in [0.4, 0.5) is 0 Å². The van der Waals surface area contributed by atoms with Crippen molar-refractivity contribution in [2.75, 3.05) is 6.61 Å². The second-order valence-electron chi connectivity index (χ2n) is 3.65. The van der Waals surface area contributed by atoms with E-state index in [4.69, 9.17) is 16.3 Å². The molecule has 0 fully saturated rings. The number of aliphatic hydroxyl groups excluding tert-OH is 1. The second kappa shape index (κ2) is 5.70. The molecule has 0 aliphatic carbocycles. The average molecular weight is 253 g/mol. The van der Waals surface area contributed by atoms with E-state index in [-0.39, 0.29) is 6.61 Å². The van der Waals surface area contributed by atoms with E-state index >= 15 is 0 Å². The van der Waals surface area contributed by atoms with E-state index in [1.807, 2.05) is 12.1 Å². The highest BCUT2D eigenvalue weighted by atomic mass is 35.5. The van der Waals surface area contributed by atoms with Gasteiger partial charge in [-0.15, -0.1) is 0 Å². The Morgan fingerprint density at radius 2 is 2.24 bits per heavy atom. The lowest BCUT2D eigenvalue weighted by Crippen LogP contribution is -2.23. The molecule has 0 amide bonds. The van der Waals surface area contributed by atoms with E-state index in [1.165, 1.54) is 0 Å². The minimum absolute atomic E-state index is 0.196. The van der Waals surface area contributed by atoms with Crippen molar-refractivity contribution >= 4 is 11.6 Å². The zero-order valence-corrected chi connectivity index (χ0v) is 9.92. The van der Waals surface area contributed by atoms with E-state index < -0.39 is 6.10 Å². The van der Waals surface area contributed by atoms with Crippen LogP contribution in [0.3, 0.4) is 0 Å². The molecule has 17 heavy (non-hydrogen) atoms. The molecule has 1 aromatic carbocycles. The van der Waals surface area contributed by atoms with Crippen LogP contribution >= 0.6 is 11.6 Å². The van der Waals surface area contributed by atoms with Gasteiger partial charge < -0.3 is 14.4 Å². The van der Waals surface area contributed by atoms with Gasteiger partial charge in [-0.2, -0.15) is 0 Å². The van der Waals surface area contributed by atoms with Crippen LogP contribution in [0.15, 0.2) is 43.0 Å². The van der Waals surface area contributed by atoms with Gasteiger partial charge in [-0.1, -0.05) is 23.7 Å². The van der Waals surface area contributed by atoms with Gasteiger partial charge in [0.05, 0.1) is 17.9 Å². The molecule has 1 N–H and O–H groups in total. The maximum atomic E-state index is 9.76. The molecule has 2 aromatic rings. The Hall–Kier alpha value is -1.52. The fourth-order valence-electron chi connectivity index (χ4n) is 1.44. The number of nitrogens with zero attached hydrogens (tertiary/aromatic N) is 2. The number of halogens is 1. The first kappa shape index (κ1) is 12.0. The summed E-state index contributed by atoms with van der Waals surface area (Å²) < 4.78 is 7.22. The summed E-state index contributed by atoms with van der Waals surface area (Å²) in [5, 5.41) is 10.3. The molecule has 0 bridgehead atoms. The SMILES string of the molecule is O[C@@H](COc1ccccc1Cl)Cn1ccnc1. The van der Waals surface area contributed by atoms with Crippen LogP contribution in [-0.2, 0) is 6.54 Å². The number of para-hydroxylation sites is 1. The van der Waals surface area contributed by atoms with Gasteiger partial charge in [0.15, 0.2) is 0 Å². The second-order valence-corrected chi connectivity index (χ2v) is 4.06. The van der Waals surface area contributed by atoms with Crippen LogP contribution in [0.25, 0.3) is 0 Å². The average Bonchev–Trinajstić information content (AvgIpc) is 2.81. The summed E-state index contributed by atoms with van der Waals surface area (Å²) in [6.07, 6.45) is 4.51. The van der Waals surface area contributed by atoms with Crippen LogP contribution in [0.2, 0.25) is 5.02 Å². The predicted octanol–water partition coefficient (Wildman–Crippen LogP) is 1.98. The highest BCUT2D eigenvalue weighted by Gasteiger charge is 2.07. The van der Waals surface area contributed by atoms with Crippen molar-refractivity contribution in [3.63, 3.8) is 0 Å². The Bertz CT molecular complexity index is 459. The van der Waals surface area contributed by atoms with E-state index in [9.17, 15) is 5.11 Å². The van der Waals surface area contributed by atoms with E-state index in [0.717, 1.165) is 0 Å². The van der Waals surface area contributed by atoms with Gasteiger partial charge in [-0.25, -0.2) is 4.98 Å². The third-order valence-electron chi connectivity index (χ3n) is 2.25. The molecule has 0 aliphatic heterocycles. The van der Waals surface area contributed by atoms with Gasteiger partial charge in [0.2, 0.25) is 0 Å². The van der Waals surface area contributed by atoms with Gasteiger partial charge in [-0.3, -0.25) is 0 Å². The number of hydrogen-bond acceptors (Lipinski definition) is 3. The first-order valence-corrected chi connectivity index (χ1v) is 5.64. The molecule has 0 saturated heterocycles. The van der Waals surface area contributed by atoms with Crippen molar-refractivity contribution < 1.29 is 9.84 Å². The zero-order valence-electron chi connectivity index (χ0n) is 9.16. The fraction of sp³-hybridized carbons (Fsp3) is 0.250. The molecule has 5 heteroatoms. The van der Waals surface area contributed by atoms with Gasteiger partial charge in [0.25, 0.3) is 0 Å². The van der Waals surface area contributed by atoms with Crippen LogP contribution in [-0.4, -0.2) is 27.4 Å². The van der Waals surface area contributed by atoms with Crippen molar-refractivity contribution in [2.24, 2.45) is 0 Å². The highest BCUT2D eigenvalue weighted by molar-refractivity contribution is 6.32. The lowest BCUT2D eigenvalue weighted by Gasteiger charge is -2.13.